The van der Waals surface area contributed by atoms with E-state index in [0.29, 0.717) is 22.4 Å². The summed E-state index contributed by atoms with van der Waals surface area (Å²) >= 11 is 0. The van der Waals surface area contributed by atoms with Gasteiger partial charge >= 0.3 is 0 Å². The Morgan fingerprint density at radius 3 is 2.58 bits per heavy atom. The molecule has 0 fully saturated rings. The lowest BCUT2D eigenvalue weighted by atomic mass is 9.81. The summed E-state index contributed by atoms with van der Waals surface area (Å²) in [4.78, 5) is 13.4. The van der Waals surface area contributed by atoms with Crippen LogP contribution in [-0.2, 0) is 28.7 Å². The van der Waals surface area contributed by atoms with Crippen LogP contribution in [-0.4, -0.2) is 29.7 Å². The van der Waals surface area contributed by atoms with E-state index in [1.54, 1.807) is 23.0 Å². The summed E-state index contributed by atoms with van der Waals surface area (Å²) in [6.45, 7) is 7.66. The van der Waals surface area contributed by atoms with Crippen LogP contribution in [0, 0.1) is 6.92 Å². The summed E-state index contributed by atoms with van der Waals surface area (Å²) in [5.74, 6) is -0.0127. The third-order valence-corrected chi connectivity index (χ3v) is 6.99. The number of aryl methyl sites for hydroxylation is 1. The summed E-state index contributed by atoms with van der Waals surface area (Å²) in [6.07, 6.45) is 2.30. The molecule has 1 aliphatic heterocycles. The first-order valence-corrected chi connectivity index (χ1v) is 9.68. The quantitative estimate of drug-likeness (QED) is 0.801. The van der Waals surface area contributed by atoms with Crippen molar-refractivity contribution in [3.63, 3.8) is 0 Å². The van der Waals surface area contributed by atoms with Crippen LogP contribution in [0.25, 0.3) is 0 Å². The standard InChI is InChI=1S/C18H22N2O3S/c1-6-14-13(9-19-20(14)5)17(21)12-7-8-15-16(11(12)2)18(3,4)10-24(15,22)23/h7-9H,6,10H2,1-5H3. The van der Waals surface area contributed by atoms with Crippen LogP contribution in [0.2, 0.25) is 0 Å². The largest absolute Gasteiger partial charge is 0.288 e. The number of benzene rings is 1. The molecule has 0 atom stereocenters. The fraction of sp³-hybridized carbons (Fsp3) is 0.444. The molecule has 0 amide bonds. The molecule has 128 valence electrons. The molecule has 2 aromatic rings. The van der Waals surface area contributed by atoms with Crippen molar-refractivity contribution in [3.8, 4) is 0 Å². The lowest BCUT2D eigenvalue weighted by molar-refractivity contribution is 0.103. The zero-order valence-electron chi connectivity index (χ0n) is 14.7. The number of carbonyl (C=O) groups excluding carboxylic acids is 1. The lowest BCUT2D eigenvalue weighted by Gasteiger charge is -2.20. The molecule has 0 saturated carbocycles. The highest BCUT2D eigenvalue weighted by atomic mass is 32.2. The minimum absolute atomic E-state index is 0.0842. The average Bonchev–Trinajstić information content (AvgIpc) is 2.93. The van der Waals surface area contributed by atoms with Gasteiger partial charge in [0.15, 0.2) is 15.6 Å². The number of hydrogen-bond donors (Lipinski definition) is 0. The number of rotatable bonds is 3. The van der Waals surface area contributed by atoms with Crippen LogP contribution in [0.5, 0.6) is 0 Å². The van der Waals surface area contributed by atoms with Gasteiger partial charge in [0, 0.05) is 23.7 Å². The number of fused-ring (bicyclic) bond motifs is 1. The summed E-state index contributed by atoms with van der Waals surface area (Å²) in [5, 5.41) is 4.19. The molecular weight excluding hydrogens is 324 g/mol. The van der Waals surface area contributed by atoms with Crippen molar-refractivity contribution < 1.29 is 13.2 Å². The Balaban J connectivity index is 2.20. The van der Waals surface area contributed by atoms with Crippen LogP contribution in [0.3, 0.4) is 0 Å². The number of nitrogens with zero attached hydrogens (tertiary/aromatic N) is 2. The van der Waals surface area contributed by atoms with Crippen LogP contribution in [0.15, 0.2) is 23.2 Å². The zero-order chi connectivity index (χ0) is 17.9. The van der Waals surface area contributed by atoms with Crippen molar-refractivity contribution >= 4 is 15.6 Å². The predicted octanol–water partition coefficient (Wildman–Crippen LogP) is 2.59. The summed E-state index contributed by atoms with van der Waals surface area (Å²) in [7, 11) is -1.46. The fourth-order valence-electron chi connectivity index (χ4n) is 3.87. The van der Waals surface area contributed by atoms with E-state index >= 15 is 0 Å². The van der Waals surface area contributed by atoms with E-state index in [-0.39, 0.29) is 11.5 Å². The van der Waals surface area contributed by atoms with Gasteiger partial charge in [-0.2, -0.15) is 5.10 Å². The molecule has 0 bridgehead atoms. The Kier molecular flexibility index (Phi) is 3.71. The number of sulfone groups is 1. The molecular formula is C18H22N2O3S. The predicted molar refractivity (Wildman–Crippen MR) is 92.3 cm³/mol. The van der Waals surface area contributed by atoms with Crippen LogP contribution in [0.1, 0.15) is 53.5 Å². The van der Waals surface area contributed by atoms with E-state index in [2.05, 4.69) is 5.10 Å². The molecule has 0 radical (unpaired) electrons. The number of ketones is 1. The average molecular weight is 346 g/mol. The molecule has 1 aromatic heterocycles. The number of hydrogen-bond acceptors (Lipinski definition) is 4. The van der Waals surface area contributed by atoms with Gasteiger partial charge in [-0.3, -0.25) is 9.48 Å². The minimum Gasteiger partial charge on any atom is -0.288 e. The van der Waals surface area contributed by atoms with E-state index in [9.17, 15) is 13.2 Å². The van der Waals surface area contributed by atoms with E-state index in [0.717, 1.165) is 16.8 Å². The van der Waals surface area contributed by atoms with Crippen molar-refractivity contribution in [1.82, 2.24) is 9.78 Å². The molecule has 5 nitrogen and oxygen atoms in total. The van der Waals surface area contributed by atoms with Gasteiger partial charge in [0.2, 0.25) is 0 Å². The normalized spacial score (nSPS) is 17.7. The summed E-state index contributed by atoms with van der Waals surface area (Å²) < 4.78 is 26.5. The van der Waals surface area contributed by atoms with Crippen molar-refractivity contribution in [2.24, 2.45) is 7.05 Å². The molecule has 0 unspecified atom stereocenters. The fourth-order valence-corrected chi connectivity index (χ4v) is 6.14. The van der Waals surface area contributed by atoms with Gasteiger partial charge in [-0.25, -0.2) is 8.42 Å². The molecule has 0 spiro atoms. The summed E-state index contributed by atoms with van der Waals surface area (Å²) in [5.41, 5.74) is 3.07. The Morgan fingerprint density at radius 2 is 1.96 bits per heavy atom. The van der Waals surface area contributed by atoms with E-state index < -0.39 is 15.3 Å². The smallest absolute Gasteiger partial charge is 0.196 e. The van der Waals surface area contributed by atoms with Crippen molar-refractivity contribution in [2.75, 3.05) is 5.75 Å². The second-order valence-corrected chi connectivity index (χ2v) is 9.02. The van der Waals surface area contributed by atoms with Crippen molar-refractivity contribution in [3.05, 3.63) is 46.3 Å². The van der Waals surface area contributed by atoms with Gasteiger partial charge in [-0.15, -0.1) is 0 Å². The van der Waals surface area contributed by atoms with E-state index in [4.69, 9.17) is 0 Å². The Labute approximate surface area is 142 Å². The van der Waals surface area contributed by atoms with Crippen LogP contribution in [0.4, 0.5) is 0 Å². The molecule has 2 heterocycles. The molecule has 3 rings (SSSR count). The highest BCUT2D eigenvalue weighted by molar-refractivity contribution is 7.91. The maximum Gasteiger partial charge on any atom is 0.196 e. The second kappa shape index (κ2) is 5.28. The molecule has 1 aromatic carbocycles. The first-order valence-electron chi connectivity index (χ1n) is 8.02. The van der Waals surface area contributed by atoms with Crippen LogP contribution >= 0.6 is 0 Å². The topological polar surface area (TPSA) is 69.0 Å². The highest BCUT2D eigenvalue weighted by Crippen LogP contribution is 2.42. The Hall–Kier alpha value is -1.95. The Bertz CT molecular complexity index is 953. The minimum atomic E-state index is -3.28. The maximum absolute atomic E-state index is 13.0. The molecule has 0 N–H and O–H groups in total. The lowest BCUT2D eigenvalue weighted by Crippen LogP contribution is -2.21. The molecule has 1 aliphatic rings. The molecule has 0 aliphatic carbocycles. The van der Waals surface area contributed by atoms with E-state index in [1.165, 1.54) is 0 Å². The SMILES string of the molecule is CCc1c(C(=O)c2ccc3c(c2C)C(C)(C)CS3(=O)=O)cnn1C. The van der Waals surface area contributed by atoms with Gasteiger partial charge in [-0.1, -0.05) is 20.8 Å². The van der Waals surface area contributed by atoms with Gasteiger partial charge in [0.1, 0.15) is 0 Å². The number of carbonyl (C=O) groups is 1. The number of aromatic nitrogens is 2. The maximum atomic E-state index is 13.0. The van der Waals surface area contributed by atoms with Gasteiger partial charge in [0.05, 0.1) is 22.4 Å². The highest BCUT2D eigenvalue weighted by Gasteiger charge is 2.42. The first-order chi connectivity index (χ1) is 11.1. The van der Waals surface area contributed by atoms with Gasteiger partial charge in [0.25, 0.3) is 0 Å². The van der Waals surface area contributed by atoms with E-state index in [1.807, 2.05) is 34.7 Å². The molecule has 0 saturated heterocycles. The van der Waals surface area contributed by atoms with Crippen LogP contribution < -0.4 is 0 Å². The zero-order valence-corrected chi connectivity index (χ0v) is 15.5. The Morgan fingerprint density at radius 1 is 1.29 bits per heavy atom. The summed E-state index contributed by atoms with van der Waals surface area (Å²) in [6, 6.07) is 3.23. The molecule has 6 heteroatoms. The third kappa shape index (κ3) is 2.32. The van der Waals surface area contributed by atoms with Crippen molar-refractivity contribution in [1.29, 1.82) is 0 Å². The third-order valence-electron chi connectivity index (χ3n) is 4.88. The van der Waals surface area contributed by atoms with Gasteiger partial charge < -0.3 is 0 Å². The van der Waals surface area contributed by atoms with Gasteiger partial charge in [-0.05, 0) is 36.6 Å². The molecule has 24 heavy (non-hydrogen) atoms. The first kappa shape index (κ1) is 16.9. The van der Waals surface area contributed by atoms with Crippen molar-refractivity contribution in [2.45, 2.75) is 44.4 Å². The monoisotopic (exact) mass is 346 g/mol. The second-order valence-electron chi connectivity index (χ2n) is 7.07.